The molecule has 0 aliphatic rings. The Morgan fingerprint density at radius 2 is 1.89 bits per heavy atom. The highest BCUT2D eigenvalue weighted by Gasteiger charge is 2.25. The summed E-state index contributed by atoms with van der Waals surface area (Å²) in [4.78, 5) is 2.03. The maximum Gasteiger partial charge on any atom is 0.148 e. The van der Waals surface area contributed by atoms with Gasteiger partial charge in [0.2, 0.25) is 0 Å². The van der Waals surface area contributed by atoms with E-state index in [-0.39, 0.29) is 17.9 Å². The summed E-state index contributed by atoms with van der Waals surface area (Å²) in [6.45, 7) is 6.52. The maximum atomic E-state index is 11.1. The average molecular weight is 294 g/mol. The molecule has 19 heavy (non-hydrogen) atoms. The van der Waals surface area contributed by atoms with Crippen LogP contribution in [0.1, 0.15) is 33.1 Å². The highest BCUT2D eigenvalue weighted by atomic mass is 32.2. The quantitative estimate of drug-likeness (QED) is 0.580. The van der Waals surface area contributed by atoms with Crippen LogP contribution < -0.4 is 5.32 Å². The fraction of sp³-hybridized carbons (Fsp3) is 1.00. The van der Waals surface area contributed by atoms with Gasteiger partial charge in [-0.3, -0.25) is 0 Å². The first-order valence-electron chi connectivity index (χ1n) is 7.00. The SMILES string of the molecule is CCNC(CC)(CO)CCCN(C)CCS(C)(=O)=O. The minimum atomic E-state index is -2.88. The van der Waals surface area contributed by atoms with Crippen LogP contribution in [0.4, 0.5) is 0 Å². The number of rotatable bonds is 11. The number of aliphatic hydroxyl groups is 1. The van der Waals surface area contributed by atoms with E-state index >= 15 is 0 Å². The Bertz CT molecular complexity index is 327. The molecule has 0 aliphatic heterocycles. The molecule has 5 nitrogen and oxygen atoms in total. The number of likely N-dealkylation sites (N-methyl/N-ethyl adjacent to an activating group) is 1. The summed E-state index contributed by atoms with van der Waals surface area (Å²) in [5, 5.41) is 12.9. The molecule has 0 heterocycles. The fourth-order valence-corrected chi connectivity index (χ4v) is 2.78. The van der Waals surface area contributed by atoms with E-state index in [1.165, 1.54) is 6.26 Å². The van der Waals surface area contributed by atoms with Crippen LogP contribution >= 0.6 is 0 Å². The van der Waals surface area contributed by atoms with Crippen LogP contribution in [0.5, 0.6) is 0 Å². The van der Waals surface area contributed by atoms with E-state index in [9.17, 15) is 13.5 Å². The Morgan fingerprint density at radius 1 is 1.26 bits per heavy atom. The van der Waals surface area contributed by atoms with Crippen molar-refractivity contribution in [3.8, 4) is 0 Å². The highest BCUT2D eigenvalue weighted by Crippen LogP contribution is 2.17. The lowest BCUT2D eigenvalue weighted by Crippen LogP contribution is -2.48. The zero-order valence-corrected chi connectivity index (χ0v) is 13.6. The molecule has 6 heteroatoms. The van der Waals surface area contributed by atoms with E-state index in [0.717, 1.165) is 32.4 Å². The monoisotopic (exact) mass is 294 g/mol. The lowest BCUT2D eigenvalue weighted by Gasteiger charge is -2.32. The summed E-state index contributed by atoms with van der Waals surface area (Å²) in [7, 11) is -0.949. The molecule has 2 N–H and O–H groups in total. The predicted octanol–water partition coefficient (Wildman–Crippen LogP) is 0.494. The molecule has 0 saturated carbocycles. The van der Waals surface area contributed by atoms with E-state index in [4.69, 9.17) is 0 Å². The van der Waals surface area contributed by atoms with E-state index in [2.05, 4.69) is 12.2 Å². The molecule has 0 fully saturated rings. The molecule has 0 aromatic rings. The van der Waals surface area contributed by atoms with E-state index in [1.807, 2.05) is 18.9 Å². The van der Waals surface area contributed by atoms with Crippen LogP contribution in [0.25, 0.3) is 0 Å². The van der Waals surface area contributed by atoms with Gasteiger partial charge in [-0.25, -0.2) is 8.42 Å². The van der Waals surface area contributed by atoms with Crippen LogP contribution in [0.15, 0.2) is 0 Å². The third kappa shape index (κ3) is 8.57. The van der Waals surface area contributed by atoms with Crippen molar-refractivity contribution < 1.29 is 13.5 Å². The molecule has 1 atom stereocenters. The minimum Gasteiger partial charge on any atom is -0.394 e. The lowest BCUT2D eigenvalue weighted by atomic mass is 9.91. The highest BCUT2D eigenvalue weighted by molar-refractivity contribution is 7.90. The first-order valence-corrected chi connectivity index (χ1v) is 9.07. The van der Waals surface area contributed by atoms with Crippen molar-refractivity contribution in [3.05, 3.63) is 0 Å². The Hall–Kier alpha value is -0.170. The lowest BCUT2D eigenvalue weighted by molar-refractivity contribution is 0.142. The first kappa shape index (κ1) is 18.8. The molecule has 0 spiro atoms. The predicted molar refractivity (Wildman–Crippen MR) is 80.2 cm³/mol. The van der Waals surface area contributed by atoms with Gasteiger partial charge in [0.05, 0.1) is 12.4 Å². The van der Waals surface area contributed by atoms with Gasteiger partial charge in [0.1, 0.15) is 9.84 Å². The number of sulfone groups is 1. The summed E-state index contributed by atoms with van der Waals surface area (Å²) in [5.74, 6) is 0.204. The third-order valence-electron chi connectivity index (χ3n) is 3.57. The van der Waals surface area contributed by atoms with Crippen LogP contribution in [0.3, 0.4) is 0 Å². The molecule has 0 amide bonds. The van der Waals surface area contributed by atoms with Gasteiger partial charge < -0.3 is 15.3 Å². The standard InChI is InChI=1S/C13H30N2O3S/c1-5-13(12-16,14-6-2)8-7-9-15(3)10-11-19(4,17)18/h14,16H,5-12H2,1-4H3. The molecule has 1 unspecified atom stereocenters. The Morgan fingerprint density at radius 3 is 2.32 bits per heavy atom. The normalized spacial score (nSPS) is 15.7. The van der Waals surface area contributed by atoms with Crippen LogP contribution in [0, 0.1) is 0 Å². The van der Waals surface area contributed by atoms with Crippen molar-refractivity contribution >= 4 is 9.84 Å². The molecule has 0 aromatic carbocycles. The Kier molecular flexibility index (Phi) is 8.81. The molecule has 0 aromatic heterocycles. The smallest absolute Gasteiger partial charge is 0.148 e. The van der Waals surface area contributed by atoms with Gasteiger partial charge in [-0.1, -0.05) is 13.8 Å². The van der Waals surface area contributed by atoms with E-state index in [1.54, 1.807) is 0 Å². The summed E-state index contributed by atoms with van der Waals surface area (Å²) in [6.07, 6.45) is 4.00. The second-order valence-electron chi connectivity index (χ2n) is 5.36. The van der Waals surface area contributed by atoms with Crippen molar-refractivity contribution in [2.45, 2.75) is 38.6 Å². The molecule has 0 bridgehead atoms. The van der Waals surface area contributed by atoms with Gasteiger partial charge in [-0.05, 0) is 39.4 Å². The van der Waals surface area contributed by atoms with Gasteiger partial charge in [0, 0.05) is 18.3 Å². The molecule has 0 radical (unpaired) electrons. The van der Waals surface area contributed by atoms with Crippen molar-refractivity contribution in [1.29, 1.82) is 0 Å². The van der Waals surface area contributed by atoms with Crippen molar-refractivity contribution in [3.63, 3.8) is 0 Å². The van der Waals surface area contributed by atoms with Gasteiger partial charge in [0.15, 0.2) is 0 Å². The Balaban J connectivity index is 4.05. The maximum absolute atomic E-state index is 11.1. The number of nitrogens with zero attached hydrogens (tertiary/aromatic N) is 1. The van der Waals surface area contributed by atoms with E-state index < -0.39 is 9.84 Å². The van der Waals surface area contributed by atoms with Crippen molar-refractivity contribution in [2.75, 3.05) is 45.3 Å². The molecular formula is C13H30N2O3S. The largest absolute Gasteiger partial charge is 0.394 e. The first-order chi connectivity index (χ1) is 8.78. The molecule has 0 rings (SSSR count). The van der Waals surface area contributed by atoms with Crippen LogP contribution in [0.2, 0.25) is 0 Å². The zero-order chi connectivity index (χ0) is 14.9. The van der Waals surface area contributed by atoms with E-state index in [0.29, 0.717) is 6.54 Å². The average Bonchev–Trinajstić information content (AvgIpc) is 2.34. The number of hydrogen-bond donors (Lipinski definition) is 2. The van der Waals surface area contributed by atoms with Gasteiger partial charge in [-0.15, -0.1) is 0 Å². The van der Waals surface area contributed by atoms with Gasteiger partial charge >= 0.3 is 0 Å². The third-order valence-corrected chi connectivity index (χ3v) is 4.49. The van der Waals surface area contributed by atoms with Crippen LogP contribution in [-0.4, -0.2) is 69.3 Å². The molecule has 0 aliphatic carbocycles. The van der Waals surface area contributed by atoms with Crippen molar-refractivity contribution in [2.24, 2.45) is 0 Å². The Labute approximate surface area is 118 Å². The molecular weight excluding hydrogens is 264 g/mol. The second-order valence-corrected chi connectivity index (χ2v) is 7.62. The summed E-state index contributed by atoms with van der Waals surface area (Å²) < 4.78 is 22.2. The number of aliphatic hydroxyl groups excluding tert-OH is 1. The summed E-state index contributed by atoms with van der Waals surface area (Å²) in [5.41, 5.74) is -0.188. The zero-order valence-electron chi connectivity index (χ0n) is 12.8. The topological polar surface area (TPSA) is 69.6 Å². The number of nitrogens with one attached hydrogen (secondary N) is 1. The molecule has 0 saturated heterocycles. The number of hydrogen-bond acceptors (Lipinski definition) is 5. The van der Waals surface area contributed by atoms with Crippen LogP contribution in [-0.2, 0) is 9.84 Å². The molecule has 116 valence electrons. The van der Waals surface area contributed by atoms with Gasteiger partial charge in [0.25, 0.3) is 0 Å². The second kappa shape index (κ2) is 8.89. The van der Waals surface area contributed by atoms with Crippen molar-refractivity contribution in [1.82, 2.24) is 10.2 Å². The summed E-state index contributed by atoms with van der Waals surface area (Å²) in [6, 6.07) is 0. The summed E-state index contributed by atoms with van der Waals surface area (Å²) >= 11 is 0. The fourth-order valence-electron chi connectivity index (χ4n) is 2.13. The van der Waals surface area contributed by atoms with Gasteiger partial charge in [-0.2, -0.15) is 0 Å². The minimum absolute atomic E-state index is 0.143.